The van der Waals surface area contributed by atoms with Gasteiger partial charge in [-0.1, -0.05) is 26.0 Å². The van der Waals surface area contributed by atoms with E-state index in [1.165, 1.54) is 6.92 Å². The molecular formula is C13H18N2O2. The fourth-order valence-corrected chi connectivity index (χ4v) is 1.30. The van der Waals surface area contributed by atoms with Gasteiger partial charge in [0.25, 0.3) is 0 Å². The van der Waals surface area contributed by atoms with E-state index in [9.17, 15) is 9.59 Å². The first kappa shape index (κ1) is 13.2. The maximum Gasteiger partial charge on any atom is 0.222 e. The Balaban J connectivity index is 2.51. The highest BCUT2D eigenvalue weighted by Gasteiger charge is 2.05. The number of benzene rings is 1. The van der Waals surface area contributed by atoms with Gasteiger partial charge in [-0.15, -0.1) is 0 Å². The third kappa shape index (κ3) is 4.68. The van der Waals surface area contributed by atoms with Crippen molar-refractivity contribution in [3.05, 3.63) is 29.8 Å². The summed E-state index contributed by atoms with van der Waals surface area (Å²) in [5, 5.41) is 5.52. The van der Waals surface area contributed by atoms with Crippen LogP contribution in [-0.4, -0.2) is 11.8 Å². The second kappa shape index (κ2) is 6.03. The predicted molar refractivity (Wildman–Crippen MR) is 67.4 cm³/mol. The first-order chi connectivity index (χ1) is 7.99. The number of hydrogen-bond acceptors (Lipinski definition) is 2. The molecule has 0 unspecified atom stereocenters. The van der Waals surface area contributed by atoms with Gasteiger partial charge in [-0.25, -0.2) is 0 Å². The minimum absolute atomic E-state index is 0.00588. The molecule has 17 heavy (non-hydrogen) atoms. The Kier molecular flexibility index (Phi) is 4.69. The lowest BCUT2D eigenvalue weighted by molar-refractivity contribution is -0.124. The van der Waals surface area contributed by atoms with Crippen LogP contribution in [0.5, 0.6) is 0 Å². The number of anilines is 1. The molecule has 0 radical (unpaired) electrons. The minimum Gasteiger partial charge on any atom is -0.352 e. The second-order valence-electron chi connectivity index (χ2n) is 4.25. The Morgan fingerprint density at radius 2 is 1.76 bits per heavy atom. The molecule has 0 aliphatic carbocycles. The molecule has 0 fully saturated rings. The van der Waals surface area contributed by atoms with Crippen molar-refractivity contribution in [1.29, 1.82) is 0 Å². The van der Waals surface area contributed by atoms with Crippen molar-refractivity contribution < 1.29 is 9.59 Å². The van der Waals surface area contributed by atoms with Gasteiger partial charge in [-0.05, 0) is 17.7 Å². The molecule has 0 aliphatic rings. The molecule has 0 spiro atoms. The van der Waals surface area contributed by atoms with Crippen molar-refractivity contribution in [2.45, 2.75) is 27.3 Å². The third-order valence-electron chi connectivity index (χ3n) is 2.27. The zero-order valence-electron chi connectivity index (χ0n) is 10.4. The van der Waals surface area contributed by atoms with E-state index in [0.717, 1.165) is 11.3 Å². The van der Waals surface area contributed by atoms with E-state index < -0.39 is 0 Å². The number of rotatable bonds is 4. The van der Waals surface area contributed by atoms with Gasteiger partial charge in [0.1, 0.15) is 0 Å². The lowest BCUT2D eigenvalue weighted by Gasteiger charge is -2.08. The van der Waals surface area contributed by atoms with Crippen molar-refractivity contribution in [1.82, 2.24) is 5.32 Å². The number of carbonyl (C=O) groups excluding carboxylic acids is 2. The van der Waals surface area contributed by atoms with Crippen LogP contribution in [0.25, 0.3) is 0 Å². The van der Waals surface area contributed by atoms with Crippen molar-refractivity contribution in [2.24, 2.45) is 5.92 Å². The quantitative estimate of drug-likeness (QED) is 0.836. The molecule has 0 aliphatic heterocycles. The SMILES string of the molecule is CC(=O)Nc1ccc(CNC(=O)C(C)C)cc1. The van der Waals surface area contributed by atoms with Crippen LogP contribution >= 0.6 is 0 Å². The molecule has 2 N–H and O–H groups in total. The van der Waals surface area contributed by atoms with Gasteiger partial charge in [0.05, 0.1) is 0 Å². The first-order valence-corrected chi connectivity index (χ1v) is 5.63. The second-order valence-corrected chi connectivity index (χ2v) is 4.25. The molecule has 4 heteroatoms. The summed E-state index contributed by atoms with van der Waals surface area (Å²) < 4.78 is 0. The summed E-state index contributed by atoms with van der Waals surface area (Å²) in [5.74, 6) is -0.0598. The van der Waals surface area contributed by atoms with Crippen LogP contribution in [0.4, 0.5) is 5.69 Å². The van der Waals surface area contributed by atoms with Crippen LogP contribution in [0.15, 0.2) is 24.3 Å². The predicted octanol–water partition coefficient (Wildman–Crippen LogP) is 1.92. The van der Waals surface area contributed by atoms with E-state index in [2.05, 4.69) is 10.6 Å². The standard InChI is InChI=1S/C13H18N2O2/c1-9(2)13(17)14-8-11-4-6-12(7-5-11)15-10(3)16/h4-7,9H,8H2,1-3H3,(H,14,17)(H,15,16). The van der Waals surface area contributed by atoms with Crippen molar-refractivity contribution in [3.63, 3.8) is 0 Å². The molecule has 0 aromatic heterocycles. The molecule has 1 aromatic carbocycles. The minimum atomic E-state index is -0.0918. The van der Waals surface area contributed by atoms with E-state index in [4.69, 9.17) is 0 Å². The average Bonchev–Trinajstić information content (AvgIpc) is 2.26. The summed E-state index contributed by atoms with van der Waals surface area (Å²) in [5.41, 5.74) is 1.77. The van der Waals surface area contributed by atoms with Crippen LogP contribution in [0.2, 0.25) is 0 Å². The highest BCUT2D eigenvalue weighted by Crippen LogP contribution is 2.09. The number of amides is 2. The number of hydrogen-bond donors (Lipinski definition) is 2. The molecule has 0 bridgehead atoms. The highest BCUT2D eigenvalue weighted by atomic mass is 16.2. The molecule has 92 valence electrons. The zero-order valence-corrected chi connectivity index (χ0v) is 10.4. The zero-order chi connectivity index (χ0) is 12.8. The molecular weight excluding hydrogens is 216 g/mol. The molecule has 0 atom stereocenters. The molecule has 4 nitrogen and oxygen atoms in total. The summed E-state index contributed by atoms with van der Waals surface area (Å²) in [6, 6.07) is 7.40. The molecule has 2 amide bonds. The van der Waals surface area contributed by atoms with Crippen molar-refractivity contribution >= 4 is 17.5 Å². The van der Waals surface area contributed by atoms with Crippen molar-refractivity contribution in [3.8, 4) is 0 Å². The average molecular weight is 234 g/mol. The Hall–Kier alpha value is -1.84. The highest BCUT2D eigenvalue weighted by molar-refractivity contribution is 5.88. The van der Waals surface area contributed by atoms with Crippen LogP contribution in [0, 0.1) is 5.92 Å². The van der Waals surface area contributed by atoms with Gasteiger partial charge in [0.2, 0.25) is 11.8 Å². The van der Waals surface area contributed by atoms with Gasteiger partial charge >= 0.3 is 0 Å². The molecule has 0 saturated heterocycles. The van der Waals surface area contributed by atoms with E-state index in [-0.39, 0.29) is 17.7 Å². The number of carbonyl (C=O) groups is 2. The van der Waals surface area contributed by atoms with E-state index >= 15 is 0 Å². The monoisotopic (exact) mass is 234 g/mol. The van der Waals surface area contributed by atoms with Gasteiger partial charge in [0.15, 0.2) is 0 Å². The Morgan fingerprint density at radius 1 is 1.18 bits per heavy atom. The first-order valence-electron chi connectivity index (χ1n) is 5.63. The summed E-state index contributed by atoms with van der Waals surface area (Å²) in [7, 11) is 0. The normalized spacial score (nSPS) is 10.1. The topological polar surface area (TPSA) is 58.2 Å². The summed E-state index contributed by atoms with van der Waals surface area (Å²) in [4.78, 5) is 22.2. The largest absolute Gasteiger partial charge is 0.352 e. The fraction of sp³-hybridized carbons (Fsp3) is 0.385. The van der Waals surface area contributed by atoms with E-state index in [1.807, 2.05) is 38.1 Å². The number of nitrogens with one attached hydrogen (secondary N) is 2. The van der Waals surface area contributed by atoms with Crippen LogP contribution in [0.3, 0.4) is 0 Å². The Morgan fingerprint density at radius 3 is 2.24 bits per heavy atom. The maximum atomic E-state index is 11.4. The molecule has 1 rings (SSSR count). The van der Waals surface area contributed by atoms with Gasteiger partial charge in [0, 0.05) is 25.1 Å². The third-order valence-corrected chi connectivity index (χ3v) is 2.27. The van der Waals surface area contributed by atoms with E-state index in [0.29, 0.717) is 6.54 Å². The van der Waals surface area contributed by atoms with Crippen LogP contribution in [0.1, 0.15) is 26.3 Å². The van der Waals surface area contributed by atoms with Gasteiger partial charge < -0.3 is 10.6 Å². The van der Waals surface area contributed by atoms with Gasteiger partial charge in [-0.3, -0.25) is 9.59 Å². The van der Waals surface area contributed by atoms with Crippen molar-refractivity contribution in [2.75, 3.05) is 5.32 Å². The maximum absolute atomic E-state index is 11.4. The summed E-state index contributed by atoms with van der Waals surface area (Å²) in [6.45, 7) is 5.69. The fourth-order valence-electron chi connectivity index (χ4n) is 1.30. The lowest BCUT2D eigenvalue weighted by atomic mass is 10.1. The lowest BCUT2D eigenvalue weighted by Crippen LogP contribution is -2.27. The van der Waals surface area contributed by atoms with Gasteiger partial charge in [-0.2, -0.15) is 0 Å². The van der Waals surface area contributed by atoms with E-state index in [1.54, 1.807) is 0 Å². The summed E-state index contributed by atoms with van der Waals surface area (Å²) >= 11 is 0. The van der Waals surface area contributed by atoms with Crippen LogP contribution < -0.4 is 10.6 Å². The molecule has 1 aromatic rings. The Bertz CT molecular complexity index is 396. The molecule has 0 heterocycles. The Labute approximate surface area is 101 Å². The molecule has 0 saturated carbocycles. The summed E-state index contributed by atoms with van der Waals surface area (Å²) in [6.07, 6.45) is 0. The van der Waals surface area contributed by atoms with Crippen LogP contribution in [-0.2, 0) is 16.1 Å². The smallest absolute Gasteiger partial charge is 0.222 e.